The standard InChI is InChI=1S/C30H37Cl2NSi/c1-18(2)22-12-9-13-23(19(3)4)28(22)26-16-11-17-27(30(26)33-34(31)32)29-24(20(5)6)14-10-15-25(29)21(7)8/h9-21H,1-8H3. The Kier molecular flexibility index (Phi) is 8.95. The molecule has 4 heteroatoms. The first-order valence-electron chi connectivity index (χ1n) is 12.3. The maximum atomic E-state index is 6.44. The lowest BCUT2D eigenvalue weighted by molar-refractivity contribution is 0.837. The minimum Gasteiger partial charge on any atom is -0.267 e. The topological polar surface area (TPSA) is 12.4 Å². The first-order valence-corrected chi connectivity index (χ1v) is 15.8. The molecular formula is C30H37Cl2NSi. The van der Waals surface area contributed by atoms with Gasteiger partial charge in [0.1, 0.15) is 0 Å². The van der Waals surface area contributed by atoms with E-state index in [-0.39, 0.29) is 0 Å². The first kappa shape index (κ1) is 26.9. The molecule has 3 aromatic carbocycles. The van der Waals surface area contributed by atoms with Crippen molar-refractivity contribution in [2.24, 2.45) is 4.63 Å². The number of halogens is 2. The van der Waals surface area contributed by atoms with Gasteiger partial charge >= 0.3 is 7.21 Å². The molecule has 0 aliphatic carbocycles. The molecule has 0 aromatic heterocycles. The number of hydrogen-bond acceptors (Lipinski definition) is 1. The van der Waals surface area contributed by atoms with Gasteiger partial charge in [0, 0.05) is 11.1 Å². The molecular weight excluding hydrogens is 473 g/mol. The Morgan fingerprint density at radius 1 is 0.529 bits per heavy atom. The minimum atomic E-state index is -1.91. The fourth-order valence-electron chi connectivity index (χ4n) is 4.88. The van der Waals surface area contributed by atoms with E-state index in [1.54, 1.807) is 0 Å². The first-order chi connectivity index (χ1) is 16.0. The smallest absolute Gasteiger partial charge is 0.267 e. The highest BCUT2D eigenvalue weighted by atomic mass is 35.7. The van der Waals surface area contributed by atoms with E-state index in [4.69, 9.17) is 26.8 Å². The largest absolute Gasteiger partial charge is 0.345 e. The second-order valence-corrected chi connectivity index (χ2v) is 13.7. The Morgan fingerprint density at radius 2 is 0.824 bits per heavy atom. The van der Waals surface area contributed by atoms with Gasteiger partial charge in [0.05, 0.1) is 5.69 Å². The van der Waals surface area contributed by atoms with Crippen LogP contribution in [0, 0.1) is 0 Å². The third-order valence-electron chi connectivity index (χ3n) is 6.52. The van der Waals surface area contributed by atoms with Gasteiger partial charge in [-0.2, -0.15) is 0 Å². The molecule has 3 aromatic rings. The van der Waals surface area contributed by atoms with E-state index >= 15 is 0 Å². The van der Waals surface area contributed by atoms with Crippen LogP contribution in [-0.4, -0.2) is 7.21 Å². The van der Waals surface area contributed by atoms with Gasteiger partial charge < -0.3 is 0 Å². The molecule has 1 nitrogen and oxygen atoms in total. The summed E-state index contributed by atoms with van der Waals surface area (Å²) in [5.74, 6) is 1.54. The molecule has 0 heterocycles. The lowest BCUT2D eigenvalue weighted by atomic mass is 9.81. The van der Waals surface area contributed by atoms with Crippen molar-refractivity contribution in [1.29, 1.82) is 0 Å². The molecule has 0 aliphatic rings. The molecule has 0 saturated heterocycles. The summed E-state index contributed by atoms with van der Waals surface area (Å²) in [7, 11) is -1.91. The van der Waals surface area contributed by atoms with Crippen LogP contribution >= 0.6 is 22.2 Å². The van der Waals surface area contributed by atoms with Crippen LogP contribution in [0.25, 0.3) is 22.3 Å². The SMILES string of the molecule is CC(C)c1cccc(C(C)C)c1-c1cccc(-c2c(C(C)C)cccc2C(C)C)c1N=[Si](Cl)Cl. The predicted octanol–water partition coefficient (Wildman–Crippen LogP) is 10.9. The van der Waals surface area contributed by atoms with Crippen LogP contribution in [0.3, 0.4) is 0 Å². The molecule has 3 rings (SSSR count). The van der Waals surface area contributed by atoms with Crippen LogP contribution in [0.5, 0.6) is 0 Å². The third-order valence-corrected chi connectivity index (χ3v) is 7.42. The van der Waals surface area contributed by atoms with Crippen molar-refractivity contribution in [3.63, 3.8) is 0 Å². The molecule has 0 fully saturated rings. The van der Waals surface area contributed by atoms with Gasteiger partial charge in [-0.3, -0.25) is 4.63 Å². The number of benzene rings is 3. The van der Waals surface area contributed by atoms with E-state index in [0.717, 1.165) is 16.8 Å². The highest BCUT2D eigenvalue weighted by Gasteiger charge is 2.23. The van der Waals surface area contributed by atoms with Crippen molar-refractivity contribution < 1.29 is 0 Å². The summed E-state index contributed by atoms with van der Waals surface area (Å²) in [4.78, 5) is 0. The molecule has 0 saturated carbocycles. The monoisotopic (exact) mass is 509 g/mol. The van der Waals surface area contributed by atoms with Crippen LogP contribution in [0.15, 0.2) is 59.2 Å². The number of nitrogens with zero attached hydrogens (tertiary/aromatic N) is 1. The van der Waals surface area contributed by atoms with Crippen molar-refractivity contribution in [3.05, 3.63) is 76.9 Å². The summed E-state index contributed by atoms with van der Waals surface area (Å²) in [6, 6.07) is 19.9. The fraction of sp³-hybridized carbons (Fsp3) is 0.400. The number of rotatable bonds is 7. The zero-order valence-corrected chi connectivity index (χ0v) is 24.2. The molecule has 0 amide bonds. The van der Waals surface area contributed by atoms with Crippen molar-refractivity contribution in [2.75, 3.05) is 0 Å². The minimum absolute atomic E-state index is 0.385. The van der Waals surface area contributed by atoms with Crippen LogP contribution in [0.4, 0.5) is 5.69 Å². The molecule has 180 valence electrons. The van der Waals surface area contributed by atoms with Crippen LogP contribution < -0.4 is 0 Å². The van der Waals surface area contributed by atoms with E-state index < -0.39 is 7.21 Å². The third kappa shape index (κ3) is 5.56. The summed E-state index contributed by atoms with van der Waals surface area (Å²) in [6.07, 6.45) is 0. The maximum absolute atomic E-state index is 6.44. The van der Waals surface area contributed by atoms with E-state index in [2.05, 4.69) is 110 Å². The zero-order chi connectivity index (χ0) is 25.2. The normalized spacial score (nSPS) is 11.7. The van der Waals surface area contributed by atoms with Crippen molar-refractivity contribution in [2.45, 2.75) is 79.1 Å². The van der Waals surface area contributed by atoms with Gasteiger partial charge in [-0.15, -0.1) is 0 Å². The second-order valence-electron chi connectivity index (χ2n) is 10.3. The lowest BCUT2D eigenvalue weighted by Gasteiger charge is -2.25. The summed E-state index contributed by atoms with van der Waals surface area (Å²) in [5.41, 5.74) is 11.1. The fourth-order valence-corrected chi connectivity index (χ4v) is 5.79. The Bertz CT molecular complexity index is 1050. The molecule has 0 aliphatic heterocycles. The van der Waals surface area contributed by atoms with Gasteiger partial charge in [0.2, 0.25) is 0 Å². The highest BCUT2D eigenvalue weighted by molar-refractivity contribution is 7.27. The Morgan fingerprint density at radius 3 is 1.09 bits per heavy atom. The molecule has 0 N–H and O–H groups in total. The molecule has 0 bridgehead atoms. The van der Waals surface area contributed by atoms with Gasteiger partial charge in [-0.1, -0.05) is 132 Å². The molecule has 34 heavy (non-hydrogen) atoms. The summed E-state index contributed by atoms with van der Waals surface area (Å²) >= 11 is 12.9. The Balaban J connectivity index is 2.52. The highest BCUT2D eigenvalue weighted by Crippen LogP contribution is 2.47. The quantitative estimate of drug-likeness (QED) is 0.221. The van der Waals surface area contributed by atoms with Crippen molar-refractivity contribution >= 4 is 35.1 Å². The van der Waals surface area contributed by atoms with Crippen molar-refractivity contribution in [3.8, 4) is 22.3 Å². The number of hydrogen-bond donors (Lipinski definition) is 0. The molecule has 0 radical (unpaired) electrons. The van der Waals surface area contributed by atoms with Crippen LogP contribution in [0.1, 0.15) is 101 Å². The van der Waals surface area contributed by atoms with Gasteiger partial charge in [0.25, 0.3) is 0 Å². The van der Waals surface area contributed by atoms with Crippen molar-refractivity contribution in [1.82, 2.24) is 0 Å². The lowest BCUT2D eigenvalue weighted by Crippen LogP contribution is -2.03. The maximum Gasteiger partial charge on any atom is 0.345 e. The van der Waals surface area contributed by atoms with E-state index in [1.807, 2.05) is 0 Å². The van der Waals surface area contributed by atoms with Crippen LogP contribution in [-0.2, 0) is 0 Å². The zero-order valence-electron chi connectivity index (χ0n) is 21.7. The Hall–Kier alpha value is -1.74. The second kappa shape index (κ2) is 11.3. The van der Waals surface area contributed by atoms with E-state index in [0.29, 0.717) is 23.7 Å². The van der Waals surface area contributed by atoms with Gasteiger partial charge in [-0.25, -0.2) is 0 Å². The molecule has 0 unspecified atom stereocenters. The molecule has 0 spiro atoms. The van der Waals surface area contributed by atoms with Gasteiger partial charge in [-0.05, 0) is 57.1 Å². The predicted molar refractivity (Wildman–Crippen MR) is 153 cm³/mol. The van der Waals surface area contributed by atoms with Gasteiger partial charge in [0.15, 0.2) is 0 Å². The van der Waals surface area contributed by atoms with E-state index in [1.165, 1.54) is 33.4 Å². The summed E-state index contributed by atoms with van der Waals surface area (Å²) in [5, 5.41) is 0. The average molecular weight is 511 g/mol. The molecule has 0 atom stereocenters. The van der Waals surface area contributed by atoms with Crippen LogP contribution in [0.2, 0.25) is 0 Å². The van der Waals surface area contributed by atoms with E-state index in [9.17, 15) is 0 Å². The average Bonchev–Trinajstić information content (AvgIpc) is 2.77. The Labute approximate surface area is 217 Å². The summed E-state index contributed by atoms with van der Waals surface area (Å²) in [6.45, 7) is 18.1. The summed E-state index contributed by atoms with van der Waals surface area (Å²) < 4.78 is 4.95.